The molecule has 1 saturated heterocycles. The zero-order chi connectivity index (χ0) is 17.2. The van der Waals surface area contributed by atoms with Crippen LogP contribution in [0.1, 0.15) is 24.8 Å². The monoisotopic (exact) mass is 338 g/mol. The van der Waals surface area contributed by atoms with Gasteiger partial charge in [-0.2, -0.15) is 10.1 Å². The van der Waals surface area contributed by atoms with Crippen molar-refractivity contribution in [1.82, 2.24) is 19.7 Å². The Labute approximate surface area is 145 Å². The molecular formula is C18H22N6O. The average molecular weight is 338 g/mol. The first-order valence-electron chi connectivity index (χ1n) is 8.70. The highest BCUT2D eigenvalue weighted by atomic mass is 16.1. The second-order valence-electron chi connectivity index (χ2n) is 6.49. The van der Waals surface area contributed by atoms with Crippen molar-refractivity contribution in [3.63, 3.8) is 0 Å². The molecular weight excluding hydrogens is 316 g/mol. The van der Waals surface area contributed by atoms with E-state index in [2.05, 4.69) is 49.5 Å². The quantitative estimate of drug-likeness (QED) is 0.763. The number of benzene rings is 1. The zero-order valence-corrected chi connectivity index (χ0v) is 14.3. The van der Waals surface area contributed by atoms with Crippen molar-refractivity contribution < 1.29 is 0 Å². The van der Waals surface area contributed by atoms with Crippen molar-refractivity contribution in [2.24, 2.45) is 7.05 Å². The molecule has 3 heterocycles. The van der Waals surface area contributed by atoms with Crippen LogP contribution < -0.4 is 15.8 Å². The smallest absolute Gasteiger partial charge is 0.263 e. The summed E-state index contributed by atoms with van der Waals surface area (Å²) >= 11 is 0. The van der Waals surface area contributed by atoms with Crippen LogP contribution in [-0.4, -0.2) is 32.8 Å². The van der Waals surface area contributed by atoms with E-state index in [-0.39, 0.29) is 5.56 Å². The third-order valence-electron chi connectivity index (χ3n) is 4.72. The molecule has 1 aliphatic heterocycles. The lowest BCUT2D eigenvalue weighted by Crippen LogP contribution is -2.29. The fraction of sp³-hybridized carbons (Fsp3) is 0.389. The Bertz CT molecular complexity index is 921. The molecule has 0 bridgehead atoms. The molecule has 7 nitrogen and oxygen atoms in total. The number of hydrogen-bond acceptors (Lipinski definition) is 5. The molecule has 1 aliphatic rings. The Morgan fingerprint density at radius 1 is 1.16 bits per heavy atom. The van der Waals surface area contributed by atoms with E-state index < -0.39 is 0 Å². The number of aryl methyl sites for hydroxylation is 1. The van der Waals surface area contributed by atoms with E-state index in [0.29, 0.717) is 23.5 Å². The first kappa shape index (κ1) is 15.7. The molecule has 7 heteroatoms. The molecule has 1 fully saturated rings. The van der Waals surface area contributed by atoms with Crippen molar-refractivity contribution in [3.05, 3.63) is 46.4 Å². The summed E-state index contributed by atoms with van der Waals surface area (Å²) in [5.41, 5.74) is 2.83. The molecule has 0 aliphatic carbocycles. The first-order valence-corrected chi connectivity index (χ1v) is 8.70. The van der Waals surface area contributed by atoms with Gasteiger partial charge in [0.15, 0.2) is 5.65 Å². The summed E-state index contributed by atoms with van der Waals surface area (Å²) in [5, 5.41) is 7.76. The largest absolute Gasteiger partial charge is 0.372 e. The number of anilines is 2. The summed E-state index contributed by atoms with van der Waals surface area (Å²) in [4.78, 5) is 21.7. The predicted molar refractivity (Wildman–Crippen MR) is 99.0 cm³/mol. The van der Waals surface area contributed by atoms with Gasteiger partial charge in [0.2, 0.25) is 5.95 Å². The molecule has 130 valence electrons. The van der Waals surface area contributed by atoms with E-state index in [1.165, 1.54) is 31.1 Å². The normalized spacial score (nSPS) is 14.8. The lowest BCUT2D eigenvalue weighted by molar-refractivity contribution is 0.578. The Morgan fingerprint density at radius 3 is 2.68 bits per heavy atom. The highest BCUT2D eigenvalue weighted by Crippen LogP contribution is 2.20. The van der Waals surface area contributed by atoms with Crippen LogP contribution in [0.3, 0.4) is 0 Å². The van der Waals surface area contributed by atoms with E-state index in [1.54, 1.807) is 11.7 Å². The van der Waals surface area contributed by atoms with Crippen LogP contribution in [-0.2, 0) is 13.6 Å². The number of aromatic nitrogens is 4. The number of aromatic amines is 1. The van der Waals surface area contributed by atoms with Gasteiger partial charge < -0.3 is 10.2 Å². The molecule has 0 unspecified atom stereocenters. The fourth-order valence-corrected chi connectivity index (χ4v) is 3.28. The lowest BCUT2D eigenvalue weighted by atomic mass is 10.1. The van der Waals surface area contributed by atoms with Crippen LogP contribution in [0.4, 0.5) is 11.6 Å². The average Bonchev–Trinajstić information content (AvgIpc) is 3.03. The maximum Gasteiger partial charge on any atom is 0.263 e. The van der Waals surface area contributed by atoms with Crippen LogP contribution in [0.25, 0.3) is 11.0 Å². The molecule has 1 aromatic carbocycles. The van der Waals surface area contributed by atoms with E-state index in [9.17, 15) is 4.79 Å². The lowest BCUT2D eigenvalue weighted by Gasteiger charge is -2.28. The van der Waals surface area contributed by atoms with E-state index >= 15 is 0 Å². The second kappa shape index (κ2) is 6.58. The Hall–Kier alpha value is -2.83. The van der Waals surface area contributed by atoms with E-state index in [1.807, 2.05) is 0 Å². The summed E-state index contributed by atoms with van der Waals surface area (Å²) < 4.78 is 1.60. The number of fused-ring (bicyclic) bond motifs is 1. The van der Waals surface area contributed by atoms with Gasteiger partial charge in [-0.3, -0.25) is 14.5 Å². The number of nitrogens with zero attached hydrogens (tertiary/aromatic N) is 4. The third kappa shape index (κ3) is 3.22. The number of rotatable bonds is 4. The third-order valence-corrected chi connectivity index (χ3v) is 4.72. The molecule has 0 amide bonds. The highest BCUT2D eigenvalue weighted by Gasteiger charge is 2.11. The van der Waals surface area contributed by atoms with Gasteiger partial charge in [0.1, 0.15) is 5.39 Å². The first-order chi connectivity index (χ1) is 12.2. The SMILES string of the molecule is Cn1ncc2c(=O)[nH]c(NCc3ccc(N4CCCCC4)cc3)nc21. The number of piperidine rings is 1. The van der Waals surface area contributed by atoms with E-state index in [4.69, 9.17) is 0 Å². The van der Waals surface area contributed by atoms with Crippen LogP contribution in [0.15, 0.2) is 35.3 Å². The number of nitrogens with one attached hydrogen (secondary N) is 2. The highest BCUT2D eigenvalue weighted by molar-refractivity contribution is 5.74. The van der Waals surface area contributed by atoms with Crippen LogP contribution in [0.2, 0.25) is 0 Å². The molecule has 2 N–H and O–H groups in total. The summed E-state index contributed by atoms with van der Waals surface area (Å²) in [6.45, 7) is 2.90. The van der Waals surface area contributed by atoms with Crippen molar-refractivity contribution in [3.8, 4) is 0 Å². The van der Waals surface area contributed by atoms with Crippen molar-refractivity contribution in [1.29, 1.82) is 0 Å². The van der Waals surface area contributed by atoms with Gasteiger partial charge in [0.05, 0.1) is 6.20 Å². The molecule has 3 aromatic rings. The molecule has 0 radical (unpaired) electrons. The van der Waals surface area contributed by atoms with Gasteiger partial charge in [-0.15, -0.1) is 0 Å². The van der Waals surface area contributed by atoms with Gasteiger partial charge in [0, 0.05) is 32.4 Å². The standard InChI is InChI=1S/C18H22N6O/c1-23-16-15(12-20-23)17(25)22-18(21-16)19-11-13-5-7-14(8-6-13)24-9-3-2-4-10-24/h5-8,12H,2-4,9-11H2,1H3,(H2,19,21,22,25). The number of hydrogen-bond donors (Lipinski definition) is 2. The van der Waals surface area contributed by atoms with Gasteiger partial charge in [-0.05, 0) is 37.0 Å². The molecule has 2 aromatic heterocycles. The molecule has 25 heavy (non-hydrogen) atoms. The molecule has 0 saturated carbocycles. The van der Waals surface area contributed by atoms with Gasteiger partial charge in [0.25, 0.3) is 5.56 Å². The van der Waals surface area contributed by atoms with Crippen LogP contribution in [0.5, 0.6) is 0 Å². The zero-order valence-electron chi connectivity index (χ0n) is 14.3. The van der Waals surface area contributed by atoms with E-state index in [0.717, 1.165) is 18.7 Å². The number of H-pyrrole nitrogens is 1. The van der Waals surface area contributed by atoms with Gasteiger partial charge in [-0.25, -0.2) is 0 Å². The Kier molecular flexibility index (Phi) is 4.13. The van der Waals surface area contributed by atoms with Crippen LogP contribution >= 0.6 is 0 Å². The Morgan fingerprint density at radius 2 is 1.92 bits per heavy atom. The van der Waals surface area contributed by atoms with Gasteiger partial charge >= 0.3 is 0 Å². The molecule has 0 atom stereocenters. The summed E-state index contributed by atoms with van der Waals surface area (Å²) in [6.07, 6.45) is 5.42. The topological polar surface area (TPSA) is 78.8 Å². The molecule has 0 spiro atoms. The van der Waals surface area contributed by atoms with Crippen molar-refractivity contribution >= 4 is 22.7 Å². The summed E-state index contributed by atoms with van der Waals surface area (Å²) in [7, 11) is 1.78. The second-order valence-corrected chi connectivity index (χ2v) is 6.49. The van der Waals surface area contributed by atoms with Crippen molar-refractivity contribution in [2.45, 2.75) is 25.8 Å². The van der Waals surface area contributed by atoms with Crippen LogP contribution in [0, 0.1) is 0 Å². The summed E-state index contributed by atoms with van der Waals surface area (Å²) in [6, 6.07) is 8.58. The fourth-order valence-electron chi connectivity index (χ4n) is 3.28. The predicted octanol–water partition coefficient (Wildman–Crippen LogP) is 2.26. The van der Waals surface area contributed by atoms with Gasteiger partial charge in [-0.1, -0.05) is 12.1 Å². The summed E-state index contributed by atoms with van der Waals surface area (Å²) in [5.74, 6) is 0.459. The maximum absolute atomic E-state index is 12.0. The minimum absolute atomic E-state index is 0.180. The van der Waals surface area contributed by atoms with Crippen molar-refractivity contribution in [2.75, 3.05) is 23.3 Å². The Balaban J connectivity index is 1.46. The minimum atomic E-state index is -0.180. The maximum atomic E-state index is 12.0. The molecule has 4 rings (SSSR count). The minimum Gasteiger partial charge on any atom is -0.372 e.